The van der Waals surface area contributed by atoms with Crippen molar-refractivity contribution in [1.29, 1.82) is 0 Å². The van der Waals surface area contributed by atoms with E-state index < -0.39 is 0 Å². The number of hydrogen-bond donors (Lipinski definition) is 1. The van der Waals surface area contributed by atoms with Crippen molar-refractivity contribution in [1.82, 2.24) is 20.3 Å². The van der Waals surface area contributed by atoms with Gasteiger partial charge < -0.3 is 10.1 Å². The van der Waals surface area contributed by atoms with Crippen molar-refractivity contribution in [3.63, 3.8) is 0 Å². The van der Waals surface area contributed by atoms with Crippen LogP contribution in [0.25, 0.3) is 0 Å². The normalized spacial score (nSPS) is 17.6. The summed E-state index contributed by atoms with van der Waals surface area (Å²) in [6.45, 7) is 2.43. The second-order valence-electron chi connectivity index (χ2n) is 5.23. The summed E-state index contributed by atoms with van der Waals surface area (Å²) >= 11 is 0. The summed E-state index contributed by atoms with van der Waals surface area (Å²) in [7, 11) is 0. The Morgan fingerprint density at radius 3 is 2.95 bits per heavy atom. The van der Waals surface area contributed by atoms with E-state index in [1.807, 2.05) is 6.20 Å². The third kappa shape index (κ3) is 3.48. The molecule has 1 amide bonds. The zero-order valence-electron chi connectivity index (χ0n) is 12.0. The highest BCUT2D eigenvalue weighted by atomic mass is 19.1. The van der Waals surface area contributed by atoms with E-state index in [2.05, 4.69) is 15.6 Å². The lowest BCUT2D eigenvalue weighted by Gasteiger charge is -2.05. The molecule has 1 unspecified atom stereocenters. The SMILES string of the molecule is O=C(NCCn1cc(C2CCOC2)nn1)c1ccc(F)cc1. The third-order valence-electron chi connectivity index (χ3n) is 3.64. The molecule has 0 bridgehead atoms. The fourth-order valence-electron chi connectivity index (χ4n) is 2.36. The molecule has 7 heteroatoms. The maximum Gasteiger partial charge on any atom is 0.251 e. The summed E-state index contributed by atoms with van der Waals surface area (Å²) < 4.78 is 19.8. The van der Waals surface area contributed by atoms with Crippen LogP contribution in [-0.2, 0) is 11.3 Å². The van der Waals surface area contributed by atoms with Crippen molar-refractivity contribution in [3.05, 3.63) is 47.5 Å². The van der Waals surface area contributed by atoms with Gasteiger partial charge in [-0.25, -0.2) is 4.39 Å². The molecular formula is C15H17FN4O2. The maximum atomic E-state index is 12.8. The van der Waals surface area contributed by atoms with Gasteiger partial charge in [0, 0.05) is 30.8 Å². The molecule has 0 radical (unpaired) electrons. The lowest BCUT2D eigenvalue weighted by Crippen LogP contribution is -2.27. The maximum absolute atomic E-state index is 12.8. The van der Waals surface area contributed by atoms with Crippen LogP contribution in [-0.4, -0.2) is 40.7 Å². The van der Waals surface area contributed by atoms with Gasteiger partial charge in [0.05, 0.1) is 18.8 Å². The molecule has 2 aromatic rings. The van der Waals surface area contributed by atoms with Gasteiger partial charge in [0.25, 0.3) is 5.91 Å². The highest BCUT2D eigenvalue weighted by Gasteiger charge is 2.20. The molecular weight excluding hydrogens is 287 g/mol. The molecule has 1 aromatic heterocycles. The molecule has 0 aliphatic carbocycles. The Labute approximate surface area is 127 Å². The first-order valence-electron chi connectivity index (χ1n) is 7.24. The molecule has 116 valence electrons. The molecule has 1 aromatic carbocycles. The summed E-state index contributed by atoms with van der Waals surface area (Å²) in [6, 6.07) is 5.45. The minimum absolute atomic E-state index is 0.232. The van der Waals surface area contributed by atoms with E-state index in [4.69, 9.17) is 4.74 Å². The van der Waals surface area contributed by atoms with E-state index in [-0.39, 0.29) is 11.7 Å². The first kappa shape index (κ1) is 14.6. The van der Waals surface area contributed by atoms with E-state index >= 15 is 0 Å². The number of halogens is 1. The first-order chi connectivity index (χ1) is 10.7. The van der Waals surface area contributed by atoms with E-state index in [0.29, 0.717) is 31.2 Å². The van der Waals surface area contributed by atoms with Crippen LogP contribution in [0.15, 0.2) is 30.5 Å². The van der Waals surface area contributed by atoms with Crippen molar-refractivity contribution in [2.45, 2.75) is 18.9 Å². The summed E-state index contributed by atoms with van der Waals surface area (Å²) in [5, 5.41) is 11.0. The Balaban J connectivity index is 1.48. The van der Waals surface area contributed by atoms with Crippen LogP contribution >= 0.6 is 0 Å². The minimum Gasteiger partial charge on any atom is -0.381 e. The fraction of sp³-hybridized carbons (Fsp3) is 0.400. The van der Waals surface area contributed by atoms with E-state index in [0.717, 1.165) is 18.7 Å². The summed E-state index contributed by atoms with van der Waals surface area (Å²) in [5.74, 6) is -0.269. The van der Waals surface area contributed by atoms with E-state index in [9.17, 15) is 9.18 Å². The molecule has 0 spiro atoms. The predicted molar refractivity (Wildman–Crippen MR) is 76.9 cm³/mol. The molecule has 2 heterocycles. The minimum atomic E-state index is -0.359. The smallest absolute Gasteiger partial charge is 0.251 e. The molecule has 3 rings (SSSR count). The molecule has 0 saturated carbocycles. The molecule has 1 atom stereocenters. The summed E-state index contributed by atoms with van der Waals surface area (Å²) in [6.07, 6.45) is 2.86. The van der Waals surface area contributed by atoms with Crippen molar-refractivity contribution >= 4 is 5.91 Å². The Morgan fingerprint density at radius 2 is 2.23 bits per heavy atom. The second-order valence-corrected chi connectivity index (χ2v) is 5.23. The lowest BCUT2D eigenvalue weighted by molar-refractivity contribution is 0.0952. The van der Waals surface area contributed by atoms with Gasteiger partial charge in [0.2, 0.25) is 0 Å². The largest absolute Gasteiger partial charge is 0.381 e. The van der Waals surface area contributed by atoms with Gasteiger partial charge in [-0.3, -0.25) is 9.48 Å². The average Bonchev–Trinajstić information content (AvgIpc) is 3.19. The van der Waals surface area contributed by atoms with E-state index in [1.54, 1.807) is 4.68 Å². The average molecular weight is 304 g/mol. The summed E-state index contributed by atoms with van der Waals surface area (Å²) in [4.78, 5) is 11.9. The highest BCUT2D eigenvalue weighted by Crippen LogP contribution is 2.22. The molecule has 1 aliphatic heterocycles. The van der Waals surface area contributed by atoms with Crippen molar-refractivity contribution in [3.8, 4) is 0 Å². The van der Waals surface area contributed by atoms with Crippen molar-refractivity contribution < 1.29 is 13.9 Å². The van der Waals surface area contributed by atoms with Gasteiger partial charge >= 0.3 is 0 Å². The van der Waals surface area contributed by atoms with E-state index in [1.165, 1.54) is 24.3 Å². The quantitative estimate of drug-likeness (QED) is 0.905. The number of nitrogens with zero attached hydrogens (tertiary/aromatic N) is 3. The molecule has 1 N–H and O–H groups in total. The topological polar surface area (TPSA) is 69.0 Å². The Bertz CT molecular complexity index is 635. The lowest BCUT2D eigenvalue weighted by atomic mass is 10.1. The Hall–Kier alpha value is -2.28. The number of carbonyl (C=O) groups is 1. The number of aromatic nitrogens is 3. The highest BCUT2D eigenvalue weighted by molar-refractivity contribution is 5.94. The van der Waals surface area contributed by atoms with Crippen LogP contribution in [0.4, 0.5) is 4.39 Å². The standard InChI is InChI=1S/C15H17FN4O2/c16-13-3-1-11(2-4-13)15(21)17-6-7-20-9-14(18-19-20)12-5-8-22-10-12/h1-4,9,12H,5-8,10H2,(H,17,21). The molecule has 22 heavy (non-hydrogen) atoms. The fourth-order valence-corrected chi connectivity index (χ4v) is 2.36. The van der Waals surface area contributed by atoms with Gasteiger partial charge in [0.15, 0.2) is 0 Å². The van der Waals surface area contributed by atoms with Crippen LogP contribution in [0, 0.1) is 5.82 Å². The Kier molecular flexibility index (Phi) is 4.43. The van der Waals surface area contributed by atoms with Crippen LogP contribution in [0.5, 0.6) is 0 Å². The van der Waals surface area contributed by atoms with Crippen LogP contribution in [0.1, 0.15) is 28.4 Å². The zero-order chi connectivity index (χ0) is 15.4. The number of hydrogen-bond acceptors (Lipinski definition) is 4. The number of ether oxygens (including phenoxy) is 1. The number of nitrogens with one attached hydrogen (secondary N) is 1. The predicted octanol–water partition coefficient (Wildman–Crippen LogP) is 1.35. The molecule has 6 nitrogen and oxygen atoms in total. The Morgan fingerprint density at radius 1 is 1.41 bits per heavy atom. The summed E-state index contributed by atoms with van der Waals surface area (Å²) in [5.41, 5.74) is 1.37. The molecule has 1 saturated heterocycles. The third-order valence-corrected chi connectivity index (χ3v) is 3.64. The van der Waals surface area contributed by atoms with Crippen LogP contribution < -0.4 is 5.32 Å². The van der Waals surface area contributed by atoms with Gasteiger partial charge in [0.1, 0.15) is 5.82 Å². The number of amides is 1. The van der Waals surface area contributed by atoms with Crippen molar-refractivity contribution in [2.24, 2.45) is 0 Å². The molecule has 1 aliphatic rings. The number of carbonyl (C=O) groups excluding carboxylic acids is 1. The molecule has 1 fully saturated rings. The number of benzene rings is 1. The monoisotopic (exact) mass is 304 g/mol. The van der Waals surface area contributed by atoms with Crippen LogP contribution in [0.2, 0.25) is 0 Å². The van der Waals surface area contributed by atoms with Crippen molar-refractivity contribution in [2.75, 3.05) is 19.8 Å². The number of rotatable bonds is 5. The van der Waals surface area contributed by atoms with Gasteiger partial charge in [-0.15, -0.1) is 5.10 Å². The second kappa shape index (κ2) is 6.65. The van der Waals surface area contributed by atoms with Gasteiger partial charge in [-0.05, 0) is 30.7 Å². The first-order valence-corrected chi connectivity index (χ1v) is 7.24. The van der Waals surface area contributed by atoms with Gasteiger partial charge in [-0.2, -0.15) is 0 Å². The van der Waals surface area contributed by atoms with Gasteiger partial charge in [-0.1, -0.05) is 5.21 Å². The van der Waals surface area contributed by atoms with Crippen LogP contribution in [0.3, 0.4) is 0 Å². The zero-order valence-corrected chi connectivity index (χ0v) is 12.0.